The van der Waals surface area contributed by atoms with E-state index in [9.17, 15) is 9.59 Å². The molecule has 1 aromatic carbocycles. The van der Waals surface area contributed by atoms with Gasteiger partial charge in [0.2, 0.25) is 11.8 Å². The lowest BCUT2D eigenvalue weighted by molar-refractivity contribution is -0.131. The van der Waals surface area contributed by atoms with Crippen molar-refractivity contribution in [1.29, 1.82) is 0 Å². The largest absolute Gasteiger partial charge is 0.372 e. The van der Waals surface area contributed by atoms with Crippen LogP contribution in [0.1, 0.15) is 51.3 Å². The number of rotatable bonds is 8. The molecule has 0 bridgehead atoms. The number of hydrogen-bond acceptors (Lipinski definition) is 6. The molecular formula is C23H32N6O2S. The minimum Gasteiger partial charge on any atom is -0.372 e. The molecule has 8 nitrogen and oxygen atoms in total. The average Bonchev–Trinajstić information content (AvgIpc) is 3.42. The van der Waals surface area contributed by atoms with Gasteiger partial charge in [-0.3, -0.25) is 9.59 Å². The van der Waals surface area contributed by atoms with Gasteiger partial charge in [-0.15, -0.1) is 10.2 Å². The Morgan fingerprint density at radius 3 is 2.53 bits per heavy atom. The molecule has 0 radical (unpaired) electrons. The number of nitrogens with one attached hydrogen (secondary N) is 1. The number of carbonyl (C=O) groups is 2. The van der Waals surface area contributed by atoms with E-state index in [1.54, 1.807) is 0 Å². The van der Waals surface area contributed by atoms with Gasteiger partial charge in [-0.1, -0.05) is 18.2 Å². The van der Waals surface area contributed by atoms with Crippen molar-refractivity contribution in [2.24, 2.45) is 0 Å². The molecule has 0 saturated carbocycles. The van der Waals surface area contributed by atoms with Crippen molar-refractivity contribution < 1.29 is 9.59 Å². The summed E-state index contributed by atoms with van der Waals surface area (Å²) in [6.45, 7) is 6.20. The van der Waals surface area contributed by atoms with Crippen LogP contribution in [0.4, 0.5) is 11.4 Å². The number of nitrogens with zero attached hydrogens (tertiary/aromatic N) is 5. The highest BCUT2D eigenvalue weighted by molar-refractivity contribution is 7.99. The van der Waals surface area contributed by atoms with Crippen LogP contribution in [0.5, 0.6) is 0 Å². The molecule has 2 aromatic rings. The smallest absolute Gasteiger partial charge is 0.234 e. The lowest BCUT2D eigenvalue weighted by Gasteiger charge is -2.20. The van der Waals surface area contributed by atoms with E-state index in [0.29, 0.717) is 24.7 Å². The quantitative estimate of drug-likeness (QED) is 0.612. The Balaban J connectivity index is 1.31. The summed E-state index contributed by atoms with van der Waals surface area (Å²) < 4.78 is 2.00. The fourth-order valence-corrected chi connectivity index (χ4v) is 5.12. The van der Waals surface area contributed by atoms with Crippen LogP contribution < -0.4 is 10.2 Å². The molecule has 9 heteroatoms. The van der Waals surface area contributed by atoms with Crippen LogP contribution in [0, 0.1) is 0 Å². The summed E-state index contributed by atoms with van der Waals surface area (Å²) in [5, 5.41) is 12.3. The van der Waals surface area contributed by atoms with E-state index in [1.807, 2.05) is 28.5 Å². The van der Waals surface area contributed by atoms with Crippen LogP contribution in [-0.4, -0.2) is 56.9 Å². The van der Waals surface area contributed by atoms with Gasteiger partial charge in [0.1, 0.15) is 0 Å². The molecule has 1 aromatic heterocycles. The summed E-state index contributed by atoms with van der Waals surface area (Å²) in [4.78, 5) is 29.1. The molecule has 4 rings (SSSR count). The third kappa shape index (κ3) is 5.62. The molecule has 0 unspecified atom stereocenters. The topological polar surface area (TPSA) is 83.4 Å². The van der Waals surface area contributed by atoms with Gasteiger partial charge < -0.3 is 19.7 Å². The number of carbonyl (C=O) groups excluding carboxylic acids is 2. The molecule has 0 atom stereocenters. The molecule has 2 aliphatic rings. The van der Waals surface area contributed by atoms with E-state index in [2.05, 4.69) is 32.5 Å². The predicted molar refractivity (Wildman–Crippen MR) is 127 cm³/mol. The summed E-state index contributed by atoms with van der Waals surface area (Å²) in [5.74, 6) is 1.16. The fourth-order valence-electron chi connectivity index (χ4n) is 4.29. The number of amides is 2. The van der Waals surface area contributed by atoms with Crippen LogP contribution in [0.2, 0.25) is 0 Å². The highest BCUT2D eigenvalue weighted by Gasteiger charge is 2.21. The first-order valence-corrected chi connectivity index (χ1v) is 12.6. The van der Waals surface area contributed by atoms with Crippen molar-refractivity contribution >= 4 is 35.0 Å². The van der Waals surface area contributed by atoms with E-state index >= 15 is 0 Å². The van der Waals surface area contributed by atoms with Crippen molar-refractivity contribution in [3.8, 4) is 0 Å². The summed E-state index contributed by atoms with van der Waals surface area (Å²) in [7, 11) is 0. The van der Waals surface area contributed by atoms with Gasteiger partial charge >= 0.3 is 0 Å². The average molecular weight is 457 g/mol. The minimum atomic E-state index is -0.0705. The van der Waals surface area contributed by atoms with Gasteiger partial charge in [0.05, 0.1) is 12.3 Å². The lowest BCUT2D eigenvalue weighted by Crippen LogP contribution is -2.31. The predicted octanol–water partition coefficient (Wildman–Crippen LogP) is 3.53. The Morgan fingerprint density at radius 1 is 1.03 bits per heavy atom. The molecule has 3 heterocycles. The highest BCUT2D eigenvalue weighted by atomic mass is 32.2. The Morgan fingerprint density at radius 2 is 1.78 bits per heavy atom. The number of aromatic nitrogens is 3. The van der Waals surface area contributed by atoms with Crippen LogP contribution >= 0.6 is 11.8 Å². The number of benzene rings is 1. The molecule has 2 saturated heterocycles. The van der Waals surface area contributed by atoms with Crippen LogP contribution in [0.15, 0.2) is 29.4 Å². The van der Waals surface area contributed by atoms with Crippen molar-refractivity contribution in [1.82, 2.24) is 19.7 Å². The maximum Gasteiger partial charge on any atom is 0.234 e. The monoisotopic (exact) mass is 456 g/mol. The van der Waals surface area contributed by atoms with E-state index in [1.165, 1.54) is 30.3 Å². The number of thioether (sulfide) groups is 1. The second kappa shape index (κ2) is 10.8. The van der Waals surface area contributed by atoms with Gasteiger partial charge in [-0.25, -0.2) is 0 Å². The minimum absolute atomic E-state index is 0.0705. The molecule has 32 heavy (non-hydrogen) atoms. The Labute approximate surface area is 193 Å². The van der Waals surface area contributed by atoms with E-state index in [-0.39, 0.29) is 17.6 Å². The van der Waals surface area contributed by atoms with Gasteiger partial charge in [0.15, 0.2) is 11.0 Å². The molecule has 0 aliphatic carbocycles. The van der Waals surface area contributed by atoms with Crippen molar-refractivity contribution in [3.63, 3.8) is 0 Å². The second-order valence-electron chi connectivity index (χ2n) is 8.35. The number of anilines is 2. The number of likely N-dealkylation sites (tertiary alicyclic amines) is 1. The Hall–Kier alpha value is -2.55. The third-order valence-electron chi connectivity index (χ3n) is 6.07. The lowest BCUT2D eigenvalue weighted by atomic mass is 10.2. The standard InChI is InChI=1S/C23H32N6O2S/c1-2-29-20(16-28-15-5-3-4-8-22(28)31)25-26-23(29)32-17-21(30)24-18-9-11-19(12-10-18)27-13-6-7-14-27/h9-12H,2-8,13-17H2,1H3,(H,24,30). The van der Waals surface area contributed by atoms with Crippen LogP contribution in [-0.2, 0) is 22.7 Å². The zero-order chi connectivity index (χ0) is 22.3. The van der Waals surface area contributed by atoms with Gasteiger partial charge in [-0.05, 0) is 56.9 Å². The molecular weight excluding hydrogens is 424 g/mol. The summed E-state index contributed by atoms with van der Waals surface area (Å²) in [5.41, 5.74) is 2.01. The molecule has 2 aliphatic heterocycles. The Kier molecular flexibility index (Phi) is 7.68. The van der Waals surface area contributed by atoms with Crippen molar-refractivity contribution in [2.75, 3.05) is 35.6 Å². The van der Waals surface area contributed by atoms with Gasteiger partial charge in [0.25, 0.3) is 0 Å². The van der Waals surface area contributed by atoms with Crippen molar-refractivity contribution in [2.45, 2.75) is 63.7 Å². The molecule has 2 fully saturated rings. The normalized spacial score (nSPS) is 17.0. The first-order chi connectivity index (χ1) is 15.6. The SMILES string of the molecule is CCn1c(CN2CCCCCC2=O)nnc1SCC(=O)Nc1ccc(N2CCCC2)cc1. The summed E-state index contributed by atoms with van der Waals surface area (Å²) >= 11 is 1.38. The Bertz CT molecular complexity index is 923. The molecule has 172 valence electrons. The number of hydrogen-bond donors (Lipinski definition) is 1. The van der Waals surface area contributed by atoms with Gasteiger partial charge in [-0.2, -0.15) is 0 Å². The fraction of sp³-hybridized carbons (Fsp3) is 0.565. The van der Waals surface area contributed by atoms with Crippen LogP contribution in [0.3, 0.4) is 0 Å². The zero-order valence-corrected chi connectivity index (χ0v) is 19.6. The maximum atomic E-state index is 12.5. The van der Waals surface area contributed by atoms with Crippen molar-refractivity contribution in [3.05, 3.63) is 30.1 Å². The summed E-state index contributed by atoms with van der Waals surface area (Å²) in [6.07, 6.45) is 6.20. The second-order valence-corrected chi connectivity index (χ2v) is 9.29. The molecule has 1 N–H and O–H groups in total. The van der Waals surface area contributed by atoms with E-state index < -0.39 is 0 Å². The van der Waals surface area contributed by atoms with Gasteiger partial charge in [0, 0.05) is 44.0 Å². The van der Waals surface area contributed by atoms with E-state index in [4.69, 9.17) is 0 Å². The molecule has 0 spiro atoms. The van der Waals surface area contributed by atoms with Crippen LogP contribution in [0.25, 0.3) is 0 Å². The molecule has 2 amide bonds. The zero-order valence-electron chi connectivity index (χ0n) is 18.8. The first kappa shape index (κ1) is 22.6. The van der Waals surface area contributed by atoms with E-state index in [0.717, 1.165) is 50.4 Å². The summed E-state index contributed by atoms with van der Waals surface area (Å²) in [6, 6.07) is 8.05. The highest BCUT2D eigenvalue weighted by Crippen LogP contribution is 2.23. The third-order valence-corrected chi connectivity index (χ3v) is 7.03. The maximum absolute atomic E-state index is 12.5. The first-order valence-electron chi connectivity index (χ1n) is 11.6.